The number of aliphatic hydroxyl groups is 2. The second kappa shape index (κ2) is 5.20. The molecule has 2 atom stereocenters. The first kappa shape index (κ1) is 12.1. The molecule has 6 heteroatoms. The van der Waals surface area contributed by atoms with E-state index in [0.717, 1.165) is 0 Å². The Hall–Kier alpha value is -0.980. The highest BCUT2D eigenvalue weighted by Crippen LogP contribution is 2.24. The highest BCUT2D eigenvalue weighted by molar-refractivity contribution is 7.80. The molecular formula is C9H14N2O3S. The quantitative estimate of drug-likeness (QED) is 0.472. The van der Waals surface area contributed by atoms with Gasteiger partial charge in [-0.05, 0) is 18.2 Å². The number of nitrogens with two attached hydrogens (primary N) is 1. The molecule has 0 aromatic carbocycles. The van der Waals surface area contributed by atoms with Gasteiger partial charge in [0.2, 0.25) is 0 Å². The molecule has 15 heavy (non-hydrogen) atoms. The van der Waals surface area contributed by atoms with Crippen LogP contribution in [0.2, 0.25) is 0 Å². The van der Waals surface area contributed by atoms with Crippen molar-refractivity contribution >= 4 is 18.4 Å². The van der Waals surface area contributed by atoms with Crippen molar-refractivity contribution in [1.82, 2.24) is 4.98 Å². The summed E-state index contributed by atoms with van der Waals surface area (Å²) in [5.41, 5.74) is 5.64. The minimum absolute atomic E-state index is 0.00497. The summed E-state index contributed by atoms with van der Waals surface area (Å²) in [5, 5.41) is 28.4. The number of nitrogens with zero attached hydrogens (tertiary/aromatic N) is 1. The Morgan fingerprint density at radius 1 is 1.47 bits per heavy atom. The van der Waals surface area contributed by atoms with E-state index in [4.69, 9.17) is 5.73 Å². The molecule has 0 bridgehead atoms. The summed E-state index contributed by atoms with van der Waals surface area (Å²) in [6, 6.07) is 1.29. The molecule has 5 N–H and O–H groups in total. The minimum Gasteiger partial charge on any atom is -0.504 e. The van der Waals surface area contributed by atoms with Gasteiger partial charge in [0, 0.05) is 11.8 Å². The highest BCUT2D eigenvalue weighted by atomic mass is 32.1. The molecule has 0 amide bonds. The number of pyridine rings is 1. The zero-order valence-corrected chi connectivity index (χ0v) is 8.93. The lowest BCUT2D eigenvalue weighted by atomic mass is 10.0. The molecule has 0 radical (unpaired) electrons. The summed E-state index contributed by atoms with van der Waals surface area (Å²) in [6.45, 7) is 0. The van der Waals surface area contributed by atoms with Gasteiger partial charge in [-0.2, -0.15) is 12.6 Å². The predicted octanol–water partition coefficient (Wildman–Crippen LogP) is 0.0836. The number of hydrogen-bond acceptors (Lipinski definition) is 6. The number of rotatable bonds is 4. The number of aromatic hydroxyl groups is 1. The SMILES string of the molecule is Nc1ncc(C(O)C(O)CCS)cc1O. The molecule has 0 aliphatic carbocycles. The van der Waals surface area contributed by atoms with Gasteiger partial charge < -0.3 is 21.1 Å². The first-order valence-electron chi connectivity index (χ1n) is 4.47. The zero-order valence-electron chi connectivity index (χ0n) is 8.04. The standard InChI is InChI=1S/C9H14N2O3S/c10-9-7(13)3-5(4-11-9)8(14)6(12)1-2-15/h3-4,6,8,12-15H,1-2H2,(H2,10,11). The Kier molecular flexibility index (Phi) is 4.19. The van der Waals surface area contributed by atoms with Crippen molar-refractivity contribution in [2.24, 2.45) is 0 Å². The van der Waals surface area contributed by atoms with Crippen LogP contribution in [0.4, 0.5) is 5.82 Å². The smallest absolute Gasteiger partial charge is 0.165 e. The van der Waals surface area contributed by atoms with Gasteiger partial charge in [0.25, 0.3) is 0 Å². The number of aromatic nitrogens is 1. The third kappa shape index (κ3) is 2.98. The van der Waals surface area contributed by atoms with Crippen molar-refractivity contribution in [3.05, 3.63) is 17.8 Å². The Labute approximate surface area is 93.0 Å². The largest absolute Gasteiger partial charge is 0.504 e. The zero-order chi connectivity index (χ0) is 11.4. The fraction of sp³-hybridized carbons (Fsp3) is 0.444. The number of hydrogen-bond donors (Lipinski definition) is 5. The Balaban J connectivity index is 2.81. The van der Waals surface area contributed by atoms with Gasteiger partial charge in [-0.25, -0.2) is 4.98 Å². The van der Waals surface area contributed by atoms with Gasteiger partial charge in [0.05, 0.1) is 6.10 Å². The maximum atomic E-state index is 9.66. The molecule has 1 aromatic rings. The van der Waals surface area contributed by atoms with E-state index in [2.05, 4.69) is 17.6 Å². The molecule has 0 fully saturated rings. The van der Waals surface area contributed by atoms with Crippen LogP contribution in [0, 0.1) is 0 Å². The van der Waals surface area contributed by atoms with Crippen LogP contribution in [-0.4, -0.2) is 32.2 Å². The summed E-state index contributed by atoms with van der Waals surface area (Å²) in [5.74, 6) is 0.256. The van der Waals surface area contributed by atoms with Crippen LogP contribution >= 0.6 is 12.6 Å². The average Bonchev–Trinajstić information content (AvgIpc) is 2.21. The lowest BCUT2D eigenvalue weighted by molar-refractivity contribution is 0.0169. The van der Waals surface area contributed by atoms with E-state index in [0.29, 0.717) is 17.7 Å². The van der Waals surface area contributed by atoms with E-state index < -0.39 is 12.2 Å². The van der Waals surface area contributed by atoms with E-state index in [1.54, 1.807) is 0 Å². The predicted molar refractivity (Wildman–Crippen MR) is 59.8 cm³/mol. The summed E-state index contributed by atoms with van der Waals surface area (Å²) < 4.78 is 0. The van der Waals surface area contributed by atoms with Crippen molar-refractivity contribution in [2.45, 2.75) is 18.6 Å². The second-order valence-corrected chi connectivity index (χ2v) is 3.64. The van der Waals surface area contributed by atoms with E-state index in [1.165, 1.54) is 12.3 Å². The van der Waals surface area contributed by atoms with Gasteiger partial charge in [0.1, 0.15) is 6.10 Å². The monoisotopic (exact) mass is 230 g/mol. The summed E-state index contributed by atoms with van der Waals surface area (Å²) >= 11 is 3.95. The van der Waals surface area contributed by atoms with Crippen molar-refractivity contribution in [1.29, 1.82) is 0 Å². The Bertz CT molecular complexity index is 335. The van der Waals surface area contributed by atoms with Crippen LogP contribution in [0.5, 0.6) is 5.75 Å². The maximum absolute atomic E-state index is 9.66. The normalized spacial score (nSPS) is 14.9. The van der Waals surface area contributed by atoms with Crippen LogP contribution in [0.3, 0.4) is 0 Å². The average molecular weight is 230 g/mol. The Morgan fingerprint density at radius 2 is 2.13 bits per heavy atom. The van der Waals surface area contributed by atoms with E-state index in [1.807, 2.05) is 0 Å². The highest BCUT2D eigenvalue weighted by Gasteiger charge is 2.18. The summed E-state index contributed by atoms with van der Waals surface area (Å²) in [6.07, 6.45) is -0.333. The molecule has 5 nitrogen and oxygen atoms in total. The molecule has 0 spiro atoms. The van der Waals surface area contributed by atoms with E-state index in [-0.39, 0.29) is 11.6 Å². The van der Waals surface area contributed by atoms with Crippen molar-refractivity contribution in [3.63, 3.8) is 0 Å². The maximum Gasteiger partial charge on any atom is 0.165 e. The number of thiol groups is 1. The molecule has 1 aromatic heterocycles. The van der Waals surface area contributed by atoms with Gasteiger partial charge >= 0.3 is 0 Å². The number of anilines is 1. The first-order chi connectivity index (χ1) is 7.06. The van der Waals surface area contributed by atoms with Gasteiger partial charge in [0.15, 0.2) is 11.6 Å². The molecule has 0 aliphatic heterocycles. The molecule has 1 rings (SSSR count). The molecule has 0 saturated heterocycles. The Morgan fingerprint density at radius 3 is 2.67 bits per heavy atom. The third-order valence-corrected chi connectivity index (χ3v) is 2.31. The molecular weight excluding hydrogens is 216 g/mol. The van der Waals surface area contributed by atoms with Crippen LogP contribution in [0.1, 0.15) is 18.1 Å². The fourth-order valence-electron chi connectivity index (χ4n) is 1.15. The van der Waals surface area contributed by atoms with Gasteiger partial charge in [-0.15, -0.1) is 0 Å². The lowest BCUT2D eigenvalue weighted by Crippen LogP contribution is -2.18. The number of nitrogen functional groups attached to an aromatic ring is 1. The third-order valence-electron chi connectivity index (χ3n) is 2.05. The lowest BCUT2D eigenvalue weighted by Gasteiger charge is -2.17. The van der Waals surface area contributed by atoms with Crippen LogP contribution < -0.4 is 5.73 Å². The van der Waals surface area contributed by atoms with Crippen LogP contribution in [0.25, 0.3) is 0 Å². The van der Waals surface area contributed by atoms with Crippen molar-refractivity contribution < 1.29 is 15.3 Å². The minimum atomic E-state index is -1.09. The number of aliphatic hydroxyl groups excluding tert-OH is 2. The molecule has 2 unspecified atom stereocenters. The molecule has 84 valence electrons. The summed E-state index contributed by atoms with van der Waals surface area (Å²) in [4.78, 5) is 3.68. The van der Waals surface area contributed by atoms with E-state index >= 15 is 0 Å². The van der Waals surface area contributed by atoms with Crippen LogP contribution in [-0.2, 0) is 0 Å². The first-order valence-corrected chi connectivity index (χ1v) is 5.11. The van der Waals surface area contributed by atoms with Crippen molar-refractivity contribution in [2.75, 3.05) is 11.5 Å². The van der Waals surface area contributed by atoms with Crippen LogP contribution in [0.15, 0.2) is 12.3 Å². The molecule has 0 aliphatic rings. The molecule has 0 saturated carbocycles. The van der Waals surface area contributed by atoms with Gasteiger partial charge in [-0.1, -0.05) is 0 Å². The fourth-order valence-corrected chi connectivity index (χ4v) is 1.42. The van der Waals surface area contributed by atoms with Crippen molar-refractivity contribution in [3.8, 4) is 5.75 Å². The van der Waals surface area contributed by atoms with E-state index in [9.17, 15) is 15.3 Å². The second-order valence-electron chi connectivity index (χ2n) is 3.20. The summed E-state index contributed by atoms with van der Waals surface area (Å²) in [7, 11) is 0. The topological polar surface area (TPSA) is 99.6 Å². The van der Waals surface area contributed by atoms with Gasteiger partial charge in [-0.3, -0.25) is 0 Å². The molecule has 1 heterocycles.